The third-order valence-corrected chi connectivity index (χ3v) is 4.65. The number of nitrogens with zero attached hydrogens (tertiary/aromatic N) is 3. The van der Waals surface area contributed by atoms with Crippen molar-refractivity contribution in [2.24, 2.45) is 0 Å². The molecular weight excluding hydrogens is 324 g/mol. The van der Waals surface area contributed by atoms with Gasteiger partial charge in [-0.25, -0.2) is 15.0 Å². The molecule has 5 nitrogen and oxygen atoms in total. The molecule has 126 valence electrons. The third kappa shape index (κ3) is 2.54. The number of benzene rings is 1. The first kappa shape index (κ1) is 14.8. The Labute approximate surface area is 150 Å². The zero-order chi connectivity index (χ0) is 17.3. The van der Waals surface area contributed by atoms with Crippen LogP contribution in [0.1, 0.15) is 17.2 Å². The highest BCUT2D eigenvalue weighted by Gasteiger charge is 2.26. The number of fused-ring (bicyclic) bond motifs is 1. The summed E-state index contributed by atoms with van der Waals surface area (Å²) < 4.78 is 5.62. The molecule has 4 heterocycles. The third-order valence-electron chi connectivity index (χ3n) is 4.65. The van der Waals surface area contributed by atoms with E-state index < -0.39 is 0 Å². The summed E-state index contributed by atoms with van der Waals surface area (Å²) in [6.45, 7) is 0. The first-order chi connectivity index (χ1) is 12.9. The largest absolute Gasteiger partial charge is 0.463 e. The van der Waals surface area contributed by atoms with E-state index in [1.165, 1.54) is 11.1 Å². The van der Waals surface area contributed by atoms with E-state index in [1.54, 1.807) is 18.8 Å². The van der Waals surface area contributed by atoms with E-state index >= 15 is 0 Å². The van der Waals surface area contributed by atoms with Gasteiger partial charge in [0.15, 0.2) is 5.76 Å². The molecule has 26 heavy (non-hydrogen) atoms. The summed E-state index contributed by atoms with van der Waals surface area (Å²) in [6, 6.07) is 18.5. The van der Waals surface area contributed by atoms with Crippen molar-refractivity contribution in [3.8, 4) is 22.7 Å². The van der Waals surface area contributed by atoms with Crippen LogP contribution < -0.4 is 5.32 Å². The second-order valence-corrected chi connectivity index (χ2v) is 6.28. The number of nitrogens with one attached hydrogen (secondary N) is 1. The molecule has 3 aromatic heterocycles. The lowest BCUT2D eigenvalue weighted by molar-refractivity contribution is 0.580. The Morgan fingerprint density at radius 2 is 1.96 bits per heavy atom. The molecule has 5 rings (SSSR count). The second-order valence-electron chi connectivity index (χ2n) is 6.28. The summed E-state index contributed by atoms with van der Waals surface area (Å²) in [4.78, 5) is 13.3. The molecule has 0 amide bonds. The summed E-state index contributed by atoms with van der Waals surface area (Å²) in [5.74, 6) is 1.63. The molecule has 1 N–H and O–H groups in total. The average Bonchev–Trinajstić information content (AvgIpc) is 3.38. The Morgan fingerprint density at radius 3 is 2.73 bits per heavy atom. The van der Waals surface area contributed by atoms with Gasteiger partial charge in [-0.05, 0) is 35.4 Å². The predicted molar refractivity (Wildman–Crippen MR) is 99.5 cm³/mol. The molecule has 0 saturated heterocycles. The summed E-state index contributed by atoms with van der Waals surface area (Å²) in [5.41, 5.74) is 5.02. The highest BCUT2D eigenvalue weighted by molar-refractivity contribution is 5.79. The maximum atomic E-state index is 5.62. The SMILES string of the molecule is c1ccc(C2Cc3cc(-c4ccncn4)c(-c4ccco4)nc3N2)cc1. The summed E-state index contributed by atoms with van der Waals surface area (Å²) in [6.07, 6.45) is 5.85. The van der Waals surface area contributed by atoms with Gasteiger partial charge in [0.25, 0.3) is 0 Å². The number of anilines is 1. The van der Waals surface area contributed by atoms with Crippen molar-refractivity contribution in [1.82, 2.24) is 15.0 Å². The van der Waals surface area contributed by atoms with Crippen LogP contribution in [-0.4, -0.2) is 15.0 Å². The molecule has 1 aliphatic heterocycles. The van der Waals surface area contributed by atoms with Gasteiger partial charge in [0.1, 0.15) is 17.8 Å². The number of hydrogen-bond donors (Lipinski definition) is 1. The van der Waals surface area contributed by atoms with E-state index in [1.807, 2.05) is 24.3 Å². The zero-order valence-electron chi connectivity index (χ0n) is 14.0. The van der Waals surface area contributed by atoms with E-state index in [2.05, 4.69) is 45.6 Å². The maximum absolute atomic E-state index is 5.62. The first-order valence-corrected chi connectivity index (χ1v) is 8.54. The van der Waals surface area contributed by atoms with Gasteiger partial charge in [-0.3, -0.25) is 0 Å². The molecular formula is C21H16N4O. The number of rotatable bonds is 3. The van der Waals surface area contributed by atoms with Crippen LogP contribution in [0.5, 0.6) is 0 Å². The fourth-order valence-corrected chi connectivity index (χ4v) is 3.40. The maximum Gasteiger partial charge on any atom is 0.153 e. The van der Waals surface area contributed by atoms with Gasteiger partial charge in [0, 0.05) is 18.2 Å². The van der Waals surface area contributed by atoms with Crippen molar-refractivity contribution < 1.29 is 4.42 Å². The van der Waals surface area contributed by atoms with Gasteiger partial charge in [0.2, 0.25) is 0 Å². The van der Waals surface area contributed by atoms with E-state index in [4.69, 9.17) is 9.40 Å². The van der Waals surface area contributed by atoms with Crippen molar-refractivity contribution in [2.45, 2.75) is 12.5 Å². The summed E-state index contributed by atoms with van der Waals surface area (Å²) in [5, 5.41) is 3.55. The smallest absolute Gasteiger partial charge is 0.153 e. The minimum Gasteiger partial charge on any atom is -0.463 e. The molecule has 0 aliphatic carbocycles. The van der Waals surface area contributed by atoms with Crippen molar-refractivity contribution in [3.05, 3.63) is 84.5 Å². The normalized spacial score (nSPS) is 15.5. The molecule has 0 saturated carbocycles. The number of hydrogen-bond acceptors (Lipinski definition) is 5. The van der Waals surface area contributed by atoms with Crippen LogP contribution in [-0.2, 0) is 6.42 Å². The molecule has 1 aromatic carbocycles. The van der Waals surface area contributed by atoms with Gasteiger partial charge < -0.3 is 9.73 Å². The number of aromatic nitrogens is 3. The fraction of sp³-hybridized carbons (Fsp3) is 0.0952. The summed E-state index contributed by atoms with van der Waals surface area (Å²) >= 11 is 0. The average molecular weight is 340 g/mol. The predicted octanol–water partition coefficient (Wildman–Crippen LogP) is 4.51. The lowest BCUT2D eigenvalue weighted by Crippen LogP contribution is -2.05. The fourth-order valence-electron chi connectivity index (χ4n) is 3.40. The van der Waals surface area contributed by atoms with Gasteiger partial charge in [-0.15, -0.1) is 0 Å². The molecule has 1 unspecified atom stereocenters. The number of furan rings is 1. The lowest BCUT2D eigenvalue weighted by Gasteiger charge is -2.11. The van der Waals surface area contributed by atoms with Crippen LogP contribution in [0.2, 0.25) is 0 Å². The Kier molecular flexibility index (Phi) is 3.49. The highest BCUT2D eigenvalue weighted by atomic mass is 16.3. The van der Waals surface area contributed by atoms with E-state index in [9.17, 15) is 0 Å². The minimum absolute atomic E-state index is 0.226. The van der Waals surface area contributed by atoms with Crippen LogP contribution in [0.4, 0.5) is 5.82 Å². The molecule has 0 fully saturated rings. The summed E-state index contributed by atoms with van der Waals surface area (Å²) in [7, 11) is 0. The minimum atomic E-state index is 0.226. The molecule has 4 aromatic rings. The Bertz CT molecular complexity index is 1030. The van der Waals surface area contributed by atoms with Crippen LogP contribution >= 0.6 is 0 Å². The quantitative estimate of drug-likeness (QED) is 0.594. The van der Waals surface area contributed by atoms with Crippen LogP contribution in [0.15, 0.2) is 77.8 Å². The van der Waals surface area contributed by atoms with Crippen molar-refractivity contribution in [1.29, 1.82) is 0 Å². The molecule has 0 bridgehead atoms. The second kappa shape index (κ2) is 6.11. The topological polar surface area (TPSA) is 63.8 Å². The van der Waals surface area contributed by atoms with Gasteiger partial charge in [-0.2, -0.15) is 0 Å². The van der Waals surface area contributed by atoms with E-state index in [-0.39, 0.29) is 6.04 Å². The number of pyridine rings is 1. The van der Waals surface area contributed by atoms with Crippen LogP contribution in [0.25, 0.3) is 22.7 Å². The lowest BCUT2D eigenvalue weighted by atomic mass is 10.0. The molecule has 1 atom stereocenters. The molecule has 0 radical (unpaired) electrons. The molecule has 0 spiro atoms. The van der Waals surface area contributed by atoms with Crippen LogP contribution in [0.3, 0.4) is 0 Å². The zero-order valence-corrected chi connectivity index (χ0v) is 14.0. The highest BCUT2D eigenvalue weighted by Crippen LogP contribution is 2.39. The molecule has 5 heteroatoms. The van der Waals surface area contributed by atoms with Crippen LogP contribution in [0, 0.1) is 0 Å². The van der Waals surface area contributed by atoms with Gasteiger partial charge in [0.05, 0.1) is 18.0 Å². The first-order valence-electron chi connectivity index (χ1n) is 8.54. The van der Waals surface area contributed by atoms with Crippen molar-refractivity contribution >= 4 is 5.82 Å². The van der Waals surface area contributed by atoms with E-state index in [0.29, 0.717) is 0 Å². The Morgan fingerprint density at radius 1 is 1.04 bits per heavy atom. The van der Waals surface area contributed by atoms with Gasteiger partial charge in [-0.1, -0.05) is 30.3 Å². The van der Waals surface area contributed by atoms with Gasteiger partial charge >= 0.3 is 0 Å². The Hall–Kier alpha value is -3.47. The van der Waals surface area contributed by atoms with Crippen molar-refractivity contribution in [2.75, 3.05) is 5.32 Å². The van der Waals surface area contributed by atoms with E-state index in [0.717, 1.165) is 35.0 Å². The monoisotopic (exact) mass is 340 g/mol. The van der Waals surface area contributed by atoms with Crippen molar-refractivity contribution in [3.63, 3.8) is 0 Å². The Balaban J connectivity index is 1.62. The standard InChI is InChI=1S/C21H16N4O/c1-2-5-14(6-3-1)18-12-15-11-16(17-8-9-22-13-23-17)20(25-21(15)24-18)19-7-4-10-26-19/h1-11,13,18H,12H2,(H,24,25). The molecule has 1 aliphatic rings.